The molecule has 0 saturated heterocycles. The Bertz CT molecular complexity index is 410. The molecular formula is C13H20N2O4. The molecule has 0 saturated carbocycles. The first-order valence-corrected chi connectivity index (χ1v) is 5.91. The van der Waals surface area contributed by atoms with Gasteiger partial charge >= 0.3 is 0 Å². The van der Waals surface area contributed by atoms with E-state index in [0.29, 0.717) is 36.8 Å². The van der Waals surface area contributed by atoms with Crippen LogP contribution in [0.3, 0.4) is 0 Å². The van der Waals surface area contributed by atoms with Gasteiger partial charge in [0.15, 0.2) is 0 Å². The second-order valence-corrected chi connectivity index (χ2v) is 3.83. The third-order valence-electron chi connectivity index (χ3n) is 2.65. The predicted molar refractivity (Wildman–Crippen MR) is 71.6 cm³/mol. The third-order valence-corrected chi connectivity index (χ3v) is 2.65. The topological polar surface area (TPSA) is 82.8 Å². The maximum atomic E-state index is 11.4. The van der Waals surface area contributed by atoms with Gasteiger partial charge in [-0.15, -0.1) is 0 Å². The van der Waals surface area contributed by atoms with Crippen LogP contribution in [0.1, 0.15) is 12.0 Å². The van der Waals surface area contributed by atoms with Gasteiger partial charge in [-0.05, 0) is 0 Å². The molecule has 0 spiro atoms. The molecule has 19 heavy (non-hydrogen) atoms. The van der Waals surface area contributed by atoms with Gasteiger partial charge in [0.1, 0.15) is 17.2 Å². The summed E-state index contributed by atoms with van der Waals surface area (Å²) in [7, 11) is 4.68. The lowest BCUT2D eigenvalue weighted by Crippen LogP contribution is -2.25. The first kappa shape index (κ1) is 15.1. The first-order valence-electron chi connectivity index (χ1n) is 5.91. The summed E-state index contributed by atoms with van der Waals surface area (Å²) in [5, 5.41) is 2.77. The molecule has 0 aromatic heterocycles. The van der Waals surface area contributed by atoms with Crippen molar-refractivity contribution in [1.82, 2.24) is 5.32 Å². The Kier molecular flexibility index (Phi) is 5.95. The molecule has 0 aliphatic rings. The minimum atomic E-state index is -0.109. The Morgan fingerprint density at radius 3 is 2.16 bits per heavy atom. The monoisotopic (exact) mass is 268 g/mol. The molecule has 6 heteroatoms. The number of methoxy groups -OCH3 is 3. The van der Waals surface area contributed by atoms with Gasteiger partial charge in [0.2, 0.25) is 5.91 Å². The third kappa shape index (κ3) is 4.03. The van der Waals surface area contributed by atoms with Crippen molar-refractivity contribution in [2.75, 3.05) is 27.9 Å². The number of benzene rings is 1. The summed E-state index contributed by atoms with van der Waals surface area (Å²) in [5.74, 6) is 1.72. The van der Waals surface area contributed by atoms with Crippen molar-refractivity contribution in [3.63, 3.8) is 0 Å². The highest BCUT2D eigenvalue weighted by Crippen LogP contribution is 2.33. The van der Waals surface area contributed by atoms with Crippen molar-refractivity contribution in [2.45, 2.75) is 13.0 Å². The largest absolute Gasteiger partial charge is 0.496 e. The van der Waals surface area contributed by atoms with Gasteiger partial charge in [-0.3, -0.25) is 4.79 Å². The molecule has 1 aromatic carbocycles. The summed E-state index contributed by atoms with van der Waals surface area (Å²) < 4.78 is 15.7. The second kappa shape index (κ2) is 7.48. The molecule has 0 unspecified atom stereocenters. The second-order valence-electron chi connectivity index (χ2n) is 3.83. The quantitative estimate of drug-likeness (QED) is 0.759. The Morgan fingerprint density at radius 1 is 1.16 bits per heavy atom. The molecular weight excluding hydrogens is 248 g/mol. The van der Waals surface area contributed by atoms with Crippen LogP contribution >= 0.6 is 0 Å². The van der Waals surface area contributed by atoms with E-state index in [1.165, 1.54) is 0 Å². The molecule has 0 fully saturated rings. The summed E-state index contributed by atoms with van der Waals surface area (Å²) in [5.41, 5.74) is 6.08. The van der Waals surface area contributed by atoms with E-state index in [1.807, 2.05) is 0 Å². The first-order chi connectivity index (χ1) is 9.15. The van der Waals surface area contributed by atoms with Crippen LogP contribution in [0.2, 0.25) is 0 Å². The molecule has 6 nitrogen and oxygen atoms in total. The zero-order valence-corrected chi connectivity index (χ0v) is 11.5. The standard InChI is InChI=1S/C13H20N2O4/c1-17-9-6-11(18-2)10(12(7-9)19-3)8-15-13(16)4-5-14/h6-7H,4-5,8,14H2,1-3H3,(H,15,16). The molecule has 0 bridgehead atoms. The van der Waals surface area contributed by atoms with Gasteiger partial charge in [0.05, 0.1) is 33.4 Å². The summed E-state index contributed by atoms with van der Waals surface area (Å²) >= 11 is 0. The number of rotatable bonds is 7. The normalized spacial score (nSPS) is 9.89. The fourth-order valence-corrected chi connectivity index (χ4v) is 1.66. The van der Waals surface area contributed by atoms with Gasteiger partial charge in [-0.2, -0.15) is 0 Å². The summed E-state index contributed by atoms with van der Waals surface area (Å²) in [4.78, 5) is 11.4. The summed E-state index contributed by atoms with van der Waals surface area (Å²) in [6.45, 7) is 0.637. The fraction of sp³-hybridized carbons (Fsp3) is 0.462. The molecule has 1 rings (SSSR count). The number of carbonyl (C=O) groups is 1. The molecule has 1 aromatic rings. The van der Waals surface area contributed by atoms with Crippen LogP contribution in [-0.2, 0) is 11.3 Å². The van der Waals surface area contributed by atoms with Crippen LogP contribution in [0.4, 0.5) is 0 Å². The smallest absolute Gasteiger partial charge is 0.221 e. The van der Waals surface area contributed by atoms with Gasteiger partial charge in [0.25, 0.3) is 0 Å². The molecule has 3 N–H and O–H groups in total. The zero-order chi connectivity index (χ0) is 14.3. The van der Waals surface area contributed by atoms with E-state index in [2.05, 4.69) is 5.32 Å². The number of amides is 1. The van der Waals surface area contributed by atoms with Crippen LogP contribution < -0.4 is 25.3 Å². The maximum Gasteiger partial charge on any atom is 0.221 e. The van der Waals surface area contributed by atoms with Crippen LogP contribution in [0.25, 0.3) is 0 Å². The molecule has 0 radical (unpaired) electrons. The van der Waals surface area contributed by atoms with Crippen molar-refractivity contribution in [1.29, 1.82) is 0 Å². The minimum Gasteiger partial charge on any atom is -0.496 e. The lowest BCUT2D eigenvalue weighted by molar-refractivity contribution is -0.121. The van der Waals surface area contributed by atoms with Crippen molar-refractivity contribution in [2.24, 2.45) is 5.73 Å². The molecule has 106 valence electrons. The number of nitrogens with one attached hydrogen (secondary N) is 1. The maximum absolute atomic E-state index is 11.4. The average molecular weight is 268 g/mol. The van der Waals surface area contributed by atoms with E-state index in [0.717, 1.165) is 5.56 Å². The zero-order valence-electron chi connectivity index (χ0n) is 11.5. The van der Waals surface area contributed by atoms with Gasteiger partial charge < -0.3 is 25.3 Å². The molecule has 0 atom stereocenters. The Hall–Kier alpha value is -1.95. The van der Waals surface area contributed by atoms with E-state index < -0.39 is 0 Å². The van der Waals surface area contributed by atoms with Crippen molar-refractivity contribution >= 4 is 5.91 Å². The molecule has 1 amide bonds. The average Bonchev–Trinajstić information content (AvgIpc) is 2.44. The molecule has 0 aliphatic heterocycles. The minimum absolute atomic E-state index is 0.109. The van der Waals surface area contributed by atoms with E-state index in [-0.39, 0.29) is 5.91 Å². The van der Waals surface area contributed by atoms with Crippen molar-refractivity contribution < 1.29 is 19.0 Å². The van der Waals surface area contributed by atoms with Crippen LogP contribution in [-0.4, -0.2) is 33.8 Å². The number of nitrogens with two attached hydrogens (primary N) is 1. The predicted octanol–water partition coefficient (Wildman–Crippen LogP) is 0.677. The SMILES string of the molecule is COc1cc(OC)c(CNC(=O)CCN)c(OC)c1. The highest BCUT2D eigenvalue weighted by Gasteiger charge is 2.13. The van der Waals surface area contributed by atoms with Gasteiger partial charge in [0, 0.05) is 25.1 Å². The lowest BCUT2D eigenvalue weighted by atomic mass is 10.1. The number of hydrogen-bond donors (Lipinski definition) is 2. The van der Waals surface area contributed by atoms with Crippen molar-refractivity contribution in [3.05, 3.63) is 17.7 Å². The van der Waals surface area contributed by atoms with Gasteiger partial charge in [-0.25, -0.2) is 0 Å². The Balaban J connectivity index is 2.94. The fourth-order valence-electron chi connectivity index (χ4n) is 1.66. The van der Waals surface area contributed by atoms with E-state index in [4.69, 9.17) is 19.9 Å². The van der Waals surface area contributed by atoms with Gasteiger partial charge in [-0.1, -0.05) is 0 Å². The number of carbonyl (C=O) groups excluding carboxylic acids is 1. The van der Waals surface area contributed by atoms with Crippen LogP contribution in [0.5, 0.6) is 17.2 Å². The van der Waals surface area contributed by atoms with E-state index in [1.54, 1.807) is 33.5 Å². The molecule has 0 heterocycles. The lowest BCUT2D eigenvalue weighted by Gasteiger charge is -2.15. The summed E-state index contributed by atoms with van der Waals surface area (Å²) in [6.07, 6.45) is 0.292. The Labute approximate surface area is 112 Å². The highest BCUT2D eigenvalue weighted by molar-refractivity contribution is 5.76. The molecule has 0 aliphatic carbocycles. The van der Waals surface area contributed by atoms with E-state index in [9.17, 15) is 4.79 Å². The van der Waals surface area contributed by atoms with Crippen LogP contribution in [0.15, 0.2) is 12.1 Å². The highest BCUT2D eigenvalue weighted by atomic mass is 16.5. The number of ether oxygens (including phenoxy) is 3. The number of hydrogen-bond acceptors (Lipinski definition) is 5. The summed E-state index contributed by atoms with van der Waals surface area (Å²) in [6, 6.07) is 3.49. The Morgan fingerprint density at radius 2 is 1.74 bits per heavy atom. The van der Waals surface area contributed by atoms with E-state index >= 15 is 0 Å². The van der Waals surface area contributed by atoms with Crippen molar-refractivity contribution in [3.8, 4) is 17.2 Å². The van der Waals surface area contributed by atoms with Crippen LogP contribution in [0, 0.1) is 0 Å².